The van der Waals surface area contributed by atoms with Crippen LogP contribution in [0.1, 0.15) is 181 Å². The van der Waals surface area contributed by atoms with Crippen molar-refractivity contribution in [2.24, 2.45) is 0 Å². The molecule has 1 aliphatic carbocycles. The Labute approximate surface area is 393 Å². The van der Waals surface area contributed by atoms with E-state index in [4.69, 9.17) is 23.3 Å². The first kappa shape index (κ1) is 60.3. The number of carbonyl (C=O) groups is 2. The lowest BCUT2D eigenvalue weighted by molar-refractivity contribution is -0.216. The van der Waals surface area contributed by atoms with Crippen molar-refractivity contribution in [3.8, 4) is 0 Å². The molecule has 1 heterocycles. The van der Waals surface area contributed by atoms with Crippen LogP contribution in [0.25, 0.3) is 0 Å². The molecular formula is C47H84O17P2. The zero-order valence-corrected chi connectivity index (χ0v) is 41.4. The Morgan fingerprint density at radius 1 is 0.561 bits per heavy atom. The number of rotatable bonds is 40. The van der Waals surface area contributed by atoms with Crippen LogP contribution in [0, 0.1) is 0 Å². The van der Waals surface area contributed by atoms with Gasteiger partial charge in [-0.15, -0.1) is 0 Å². The molecule has 0 bridgehead atoms. The lowest BCUT2D eigenvalue weighted by Gasteiger charge is -2.43. The first-order chi connectivity index (χ1) is 31.6. The molecule has 0 spiro atoms. The normalized spacial score (nSPS) is 24.9. The van der Waals surface area contributed by atoms with Gasteiger partial charge in [-0.3, -0.25) is 23.2 Å². The lowest BCUT2D eigenvalue weighted by Crippen LogP contribution is -2.64. The molecule has 0 aromatic carbocycles. The van der Waals surface area contributed by atoms with E-state index in [-0.39, 0.29) is 12.8 Å². The maximum atomic E-state index is 13.0. The van der Waals surface area contributed by atoms with Crippen molar-refractivity contribution in [2.75, 3.05) is 13.2 Å². The van der Waals surface area contributed by atoms with Crippen LogP contribution in [0.15, 0.2) is 36.5 Å². The molecule has 10 atom stereocenters. The molecule has 1 saturated heterocycles. The minimum Gasteiger partial charge on any atom is -0.462 e. The van der Waals surface area contributed by atoms with E-state index >= 15 is 0 Å². The van der Waals surface area contributed by atoms with E-state index < -0.39 is 83.5 Å². The quantitative estimate of drug-likeness (QED) is 0.00997. The molecule has 2 aliphatic rings. The summed E-state index contributed by atoms with van der Waals surface area (Å²) in [6.45, 7) is 3.04. The molecule has 2 fully saturated rings. The van der Waals surface area contributed by atoms with E-state index in [1.54, 1.807) is 0 Å². The molecule has 0 aromatic heterocycles. The maximum Gasteiger partial charge on any atom is 0.472 e. The smallest absolute Gasteiger partial charge is 0.462 e. The number of ether oxygens (including phenoxy) is 3. The average Bonchev–Trinajstić information content (AvgIpc) is 4.03. The number of phosphoric ester groups is 2. The highest BCUT2D eigenvalue weighted by atomic mass is 31.2. The molecule has 19 heteroatoms. The summed E-state index contributed by atoms with van der Waals surface area (Å²) in [6, 6.07) is 0. The summed E-state index contributed by atoms with van der Waals surface area (Å²) in [5, 5.41) is 41.3. The van der Waals surface area contributed by atoms with Gasteiger partial charge in [0, 0.05) is 12.8 Å². The Kier molecular flexibility index (Phi) is 32.3. The Morgan fingerprint density at radius 3 is 1.64 bits per heavy atom. The van der Waals surface area contributed by atoms with Gasteiger partial charge >= 0.3 is 27.6 Å². The lowest BCUT2D eigenvalue weighted by atomic mass is 9.85. The number of epoxide rings is 1. The third-order valence-corrected chi connectivity index (χ3v) is 13.1. The number of unbranched alkanes of at least 4 members (excludes halogenated alkanes) is 17. The Hall–Kier alpha value is -1.82. The average molecular weight is 983 g/mol. The molecule has 2 rings (SSSR count). The van der Waals surface area contributed by atoms with Gasteiger partial charge in [-0.05, 0) is 44.9 Å². The van der Waals surface area contributed by atoms with Crippen LogP contribution in [-0.2, 0) is 46.5 Å². The number of allylic oxidation sites excluding steroid dienone is 5. The largest absolute Gasteiger partial charge is 0.472 e. The zero-order chi connectivity index (χ0) is 48.6. The Morgan fingerprint density at radius 2 is 1.06 bits per heavy atom. The molecule has 1 saturated carbocycles. The van der Waals surface area contributed by atoms with Gasteiger partial charge in [-0.2, -0.15) is 0 Å². The fraction of sp³-hybridized carbons (Fsp3) is 0.830. The highest BCUT2D eigenvalue weighted by Gasteiger charge is 2.54. The summed E-state index contributed by atoms with van der Waals surface area (Å²) >= 11 is 0. The van der Waals surface area contributed by atoms with Crippen LogP contribution in [0.2, 0.25) is 0 Å². The minimum atomic E-state index is -5.37. The van der Waals surface area contributed by atoms with Gasteiger partial charge in [0.25, 0.3) is 0 Å². The number of hydrogen-bond acceptors (Lipinski definition) is 14. The summed E-state index contributed by atoms with van der Waals surface area (Å²) in [7, 11) is -10.7. The second kappa shape index (κ2) is 35.3. The van der Waals surface area contributed by atoms with Crippen molar-refractivity contribution in [3.05, 3.63) is 36.5 Å². The van der Waals surface area contributed by atoms with Gasteiger partial charge in [0.1, 0.15) is 43.2 Å². The van der Waals surface area contributed by atoms with E-state index in [9.17, 15) is 53.8 Å². The predicted octanol–water partition coefficient (Wildman–Crippen LogP) is 8.50. The zero-order valence-electron chi connectivity index (χ0n) is 39.6. The fourth-order valence-corrected chi connectivity index (χ4v) is 9.24. The van der Waals surface area contributed by atoms with Gasteiger partial charge in [0.15, 0.2) is 6.10 Å². The summed E-state index contributed by atoms with van der Waals surface area (Å²) in [4.78, 5) is 54.3. The van der Waals surface area contributed by atoms with Crippen LogP contribution in [0.3, 0.4) is 0 Å². The monoisotopic (exact) mass is 983 g/mol. The van der Waals surface area contributed by atoms with Crippen molar-refractivity contribution >= 4 is 27.6 Å². The van der Waals surface area contributed by atoms with E-state index in [2.05, 4.69) is 42.7 Å². The number of esters is 2. The van der Waals surface area contributed by atoms with Gasteiger partial charge in [-0.25, -0.2) is 9.13 Å². The predicted molar refractivity (Wildman–Crippen MR) is 250 cm³/mol. The molecule has 384 valence electrons. The van der Waals surface area contributed by atoms with Gasteiger partial charge in [0.05, 0.1) is 18.8 Å². The van der Waals surface area contributed by atoms with Crippen LogP contribution in [0.5, 0.6) is 0 Å². The Bertz CT molecular complexity index is 1490. The van der Waals surface area contributed by atoms with Crippen molar-refractivity contribution in [3.63, 3.8) is 0 Å². The standard InChI is InChI=1S/C47H84O17P2/c1-3-5-7-8-9-10-11-12-13-14-15-20-23-26-30-34-41(49)61-37(36-60-66(57,58)64-47-44(52)42(50)43(51)46(45(47)53)63-65(54,55)56)35-59-40(48)33-29-25-22-19-17-16-18-21-24-28-32-39-38(62-39)31-27-6-4-2/h16,18-19,22,24,28,37-39,42-47,50-53H,3-15,17,20-21,23,25-27,29-36H2,1-2H3,(H,57,58)(H2,54,55,56)/b18-16-,22-19-,28-24-/t37-,38?,39?,42?,43?,44?,45?,46-,47+/m1/s1. The van der Waals surface area contributed by atoms with Crippen LogP contribution in [-0.4, -0.2) is 115 Å². The van der Waals surface area contributed by atoms with Crippen molar-refractivity contribution in [2.45, 2.75) is 236 Å². The van der Waals surface area contributed by atoms with E-state index in [0.29, 0.717) is 31.5 Å². The molecule has 7 N–H and O–H groups in total. The van der Waals surface area contributed by atoms with E-state index in [0.717, 1.165) is 51.4 Å². The first-order valence-corrected chi connectivity index (χ1v) is 27.7. The molecule has 17 nitrogen and oxygen atoms in total. The molecule has 1 aliphatic heterocycles. The number of hydrogen-bond donors (Lipinski definition) is 7. The summed E-state index contributed by atoms with van der Waals surface area (Å²) in [5.74, 6) is -1.27. The van der Waals surface area contributed by atoms with Crippen LogP contribution < -0.4 is 0 Å². The first-order valence-electron chi connectivity index (χ1n) is 24.7. The second-order valence-corrected chi connectivity index (χ2v) is 20.2. The van der Waals surface area contributed by atoms with Crippen LogP contribution >= 0.6 is 15.6 Å². The van der Waals surface area contributed by atoms with E-state index in [1.165, 1.54) is 83.5 Å². The van der Waals surface area contributed by atoms with Gasteiger partial charge < -0.3 is 49.3 Å². The Balaban J connectivity index is 1.79. The van der Waals surface area contributed by atoms with Crippen LogP contribution in [0.4, 0.5) is 0 Å². The number of aliphatic hydroxyl groups excluding tert-OH is 4. The molecule has 66 heavy (non-hydrogen) atoms. The topological polar surface area (TPSA) is 269 Å². The second-order valence-electron chi connectivity index (χ2n) is 17.6. The van der Waals surface area contributed by atoms with Gasteiger partial charge in [0.2, 0.25) is 0 Å². The number of phosphoric acid groups is 2. The molecule has 0 radical (unpaired) electrons. The molecule has 0 amide bonds. The third kappa shape index (κ3) is 28.6. The fourth-order valence-electron chi connectivity index (χ4n) is 7.70. The maximum absolute atomic E-state index is 13.0. The highest BCUT2D eigenvalue weighted by molar-refractivity contribution is 7.47. The van der Waals surface area contributed by atoms with E-state index in [1.807, 2.05) is 12.2 Å². The molecule has 7 unspecified atom stereocenters. The number of carbonyl (C=O) groups excluding carboxylic acids is 2. The summed E-state index contributed by atoms with van der Waals surface area (Å²) in [6.07, 6.45) is 24.2. The van der Waals surface area contributed by atoms with Gasteiger partial charge in [-0.1, -0.05) is 159 Å². The minimum absolute atomic E-state index is 0.0331. The van der Waals surface area contributed by atoms with Crippen molar-refractivity contribution in [1.82, 2.24) is 0 Å². The summed E-state index contributed by atoms with van der Waals surface area (Å²) in [5.41, 5.74) is 0. The molecular weight excluding hydrogens is 898 g/mol. The molecule has 0 aromatic rings. The van der Waals surface area contributed by atoms with Crippen molar-refractivity contribution < 1.29 is 81.6 Å². The number of aliphatic hydroxyl groups is 4. The third-order valence-electron chi connectivity index (χ3n) is 11.6. The van der Waals surface area contributed by atoms with Crippen molar-refractivity contribution in [1.29, 1.82) is 0 Å². The summed E-state index contributed by atoms with van der Waals surface area (Å²) < 4.78 is 55.1. The highest BCUT2D eigenvalue weighted by Crippen LogP contribution is 2.49. The SMILES string of the molecule is CCCCCCCCCCCCCCCCCC(=O)O[C@H](COC(=O)CCC/C=C\C/C=C\C/C=C\CC1OC1CCCCC)COP(=O)(O)O[C@H]1C(O)C(O)C(O)[C@@H](OP(=O)(O)O)C1O.